The van der Waals surface area contributed by atoms with Crippen LogP contribution in [0.15, 0.2) is 72.5 Å². The van der Waals surface area contributed by atoms with Crippen LogP contribution < -0.4 is 0 Å². The van der Waals surface area contributed by atoms with E-state index in [1.165, 1.54) is 24.1 Å². The van der Waals surface area contributed by atoms with Crippen LogP contribution in [-0.2, 0) is 12.8 Å². The number of hydrogen-bond donors (Lipinski definition) is 2. The average molecular weight is 418 g/mol. The topological polar surface area (TPSA) is 53.4 Å². The molecule has 164 valence electrons. The van der Waals surface area contributed by atoms with Crippen LogP contribution in [0, 0.1) is 24.7 Å². The Labute approximate surface area is 186 Å². The van der Waals surface area contributed by atoms with E-state index in [9.17, 15) is 10.2 Å². The Morgan fingerprint density at radius 1 is 1.13 bits per heavy atom. The third-order valence-corrected chi connectivity index (χ3v) is 6.94. The summed E-state index contributed by atoms with van der Waals surface area (Å²) < 4.78 is 0. The molecule has 3 nitrogen and oxygen atoms in total. The van der Waals surface area contributed by atoms with E-state index < -0.39 is 6.10 Å². The molecule has 2 aliphatic rings. The van der Waals surface area contributed by atoms with E-state index >= 15 is 0 Å². The molecule has 1 fully saturated rings. The molecule has 0 unspecified atom stereocenters. The zero-order valence-electron chi connectivity index (χ0n) is 18.5. The highest BCUT2D eigenvalue weighted by Crippen LogP contribution is 2.48. The molecule has 1 aromatic heterocycles. The van der Waals surface area contributed by atoms with Crippen molar-refractivity contribution in [3.63, 3.8) is 0 Å². The number of unbranched alkanes of at least 4 members (excludes halogenated alkanes) is 1. The molecule has 2 aliphatic carbocycles. The van der Waals surface area contributed by atoms with Gasteiger partial charge in [-0.1, -0.05) is 59.7 Å². The van der Waals surface area contributed by atoms with Crippen molar-refractivity contribution in [3.8, 4) is 0 Å². The monoisotopic (exact) mass is 417 g/mol. The van der Waals surface area contributed by atoms with Crippen LogP contribution in [0.25, 0.3) is 0 Å². The molecule has 0 bridgehead atoms. The highest BCUT2D eigenvalue weighted by atomic mass is 16.3. The van der Waals surface area contributed by atoms with Crippen molar-refractivity contribution in [1.82, 2.24) is 4.98 Å². The molecule has 0 saturated heterocycles. The molecule has 2 aromatic rings. The number of aryl methyl sites for hydroxylation is 2. The van der Waals surface area contributed by atoms with Crippen molar-refractivity contribution in [1.29, 1.82) is 0 Å². The smallest absolute Gasteiger partial charge is 0.0761 e. The number of aliphatic hydroxyl groups excluding tert-OH is 2. The standard InChI is InChI=1S/C28H35NO2/c1-20-7-6-9-21(15-20)17-25(30)12-13-26-27-18-22(16-23(27)19-28(26)31)8-2-3-10-24-11-4-5-14-29-24/h4-7,9,11-16,23,25-28,30-31H,2-3,8,10,17-19H2,1H3/b13-12+/t23-,25-,26+,27-,28+/m0/s1. The summed E-state index contributed by atoms with van der Waals surface area (Å²) in [5.74, 6) is 1.13. The van der Waals surface area contributed by atoms with E-state index in [1.807, 2.05) is 24.4 Å². The highest BCUT2D eigenvalue weighted by molar-refractivity contribution is 5.24. The van der Waals surface area contributed by atoms with Gasteiger partial charge in [-0.3, -0.25) is 4.98 Å². The minimum absolute atomic E-state index is 0.152. The van der Waals surface area contributed by atoms with Crippen molar-refractivity contribution < 1.29 is 10.2 Å². The first-order chi connectivity index (χ1) is 15.1. The lowest BCUT2D eigenvalue weighted by Crippen LogP contribution is -2.18. The third-order valence-electron chi connectivity index (χ3n) is 6.94. The van der Waals surface area contributed by atoms with Gasteiger partial charge in [-0.25, -0.2) is 0 Å². The number of benzene rings is 1. The quantitative estimate of drug-likeness (QED) is 0.435. The maximum atomic E-state index is 10.6. The van der Waals surface area contributed by atoms with Crippen LogP contribution in [-0.4, -0.2) is 27.4 Å². The number of fused-ring (bicyclic) bond motifs is 1. The van der Waals surface area contributed by atoms with Gasteiger partial charge in [0.25, 0.3) is 0 Å². The fraction of sp³-hybridized carbons (Fsp3) is 0.464. The maximum Gasteiger partial charge on any atom is 0.0761 e. The predicted molar refractivity (Wildman–Crippen MR) is 126 cm³/mol. The molecular formula is C28H35NO2. The van der Waals surface area contributed by atoms with Crippen LogP contribution in [0.1, 0.15) is 48.9 Å². The van der Waals surface area contributed by atoms with Crippen LogP contribution in [0.2, 0.25) is 0 Å². The van der Waals surface area contributed by atoms with Crippen LogP contribution in [0.4, 0.5) is 0 Å². The highest BCUT2D eigenvalue weighted by Gasteiger charge is 2.43. The molecule has 5 atom stereocenters. The molecule has 0 spiro atoms. The Kier molecular flexibility index (Phi) is 7.37. The van der Waals surface area contributed by atoms with Crippen LogP contribution >= 0.6 is 0 Å². The van der Waals surface area contributed by atoms with E-state index in [1.54, 1.807) is 5.57 Å². The lowest BCUT2D eigenvalue weighted by molar-refractivity contribution is 0.140. The average Bonchev–Trinajstić information content (AvgIpc) is 3.27. The summed E-state index contributed by atoms with van der Waals surface area (Å²) in [6.45, 7) is 2.07. The second-order valence-electron chi connectivity index (χ2n) is 9.41. The molecule has 4 rings (SSSR count). The largest absolute Gasteiger partial charge is 0.392 e. The van der Waals surface area contributed by atoms with E-state index in [4.69, 9.17) is 0 Å². The SMILES string of the molecule is Cc1cccc(C[C@@H](O)/C=C/[C@@H]2[C@H]3CC(CCCCc4ccccn4)=C[C@H]3C[C@H]2O)c1. The molecule has 3 heteroatoms. The minimum Gasteiger partial charge on any atom is -0.392 e. The summed E-state index contributed by atoms with van der Waals surface area (Å²) in [5.41, 5.74) is 5.10. The lowest BCUT2D eigenvalue weighted by atomic mass is 9.88. The van der Waals surface area contributed by atoms with E-state index in [0.29, 0.717) is 18.3 Å². The lowest BCUT2D eigenvalue weighted by Gasteiger charge is -2.19. The van der Waals surface area contributed by atoms with Gasteiger partial charge in [0.1, 0.15) is 0 Å². The fourth-order valence-corrected chi connectivity index (χ4v) is 5.40. The Hall–Kier alpha value is -2.23. The van der Waals surface area contributed by atoms with Crippen molar-refractivity contribution in [2.75, 3.05) is 0 Å². The van der Waals surface area contributed by atoms with Gasteiger partial charge in [0.15, 0.2) is 0 Å². The van der Waals surface area contributed by atoms with Gasteiger partial charge in [-0.15, -0.1) is 0 Å². The van der Waals surface area contributed by atoms with Gasteiger partial charge in [-0.05, 0) is 75.0 Å². The Morgan fingerprint density at radius 3 is 2.81 bits per heavy atom. The summed E-state index contributed by atoms with van der Waals surface area (Å²) in [4.78, 5) is 4.41. The summed E-state index contributed by atoms with van der Waals surface area (Å²) in [7, 11) is 0. The first kappa shape index (κ1) is 22.0. The number of hydrogen-bond acceptors (Lipinski definition) is 3. The van der Waals surface area contributed by atoms with E-state index in [-0.39, 0.29) is 12.0 Å². The molecule has 0 radical (unpaired) electrons. The van der Waals surface area contributed by atoms with Gasteiger partial charge in [0.2, 0.25) is 0 Å². The molecule has 1 heterocycles. The molecular weight excluding hydrogens is 382 g/mol. The molecule has 0 amide bonds. The number of aliphatic hydroxyl groups is 2. The van der Waals surface area contributed by atoms with Gasteiger partial charge in [0.05, 0.1) is 12.2 Å². The predicted octanol–water partition coefficient (Wildman–Crippen LogP) is 5.21. The molecule has 1 saturated carbocycles. The van der Waals surface area contributed by atoms with Crippen molar-refractivity contribution in [2.45, 2.75) is 64.1 Å². The number of nitrogens with zero attached hydrogens (tertiary/aromatic N) is 1. The fourth-order valence-electron chi connectivity index (χ4n) is 5.40. The second kappa shape index (κ2) is 10.4. The van der Waals surface area contributed by atoms with Gasteiger partial charge >= 0.3 is 0 Å². The van der Waals surface area contributed by atoms with E-state index in [2.05, 4.69) is 54.4 Å². The molecule has 0 aliphatic heterocycles. The van der Waals surface area contributed by atoms with Gasteiger partial charge in [-0.2, -0.15) is 0 Å². The van der Waals surface area contributed by atoms with Crippen LogP contribution in [0.5, 0.6) is 0 Å². The summed E-state index contributed by atoms with van der Waals surface area (Å²) in [6.07, 6.45) is 14.6. The Morgan fingerprint density at radius 2 is 2.00 bits per heavy atom. The first-order valence-corrected chi connectivity index (χ1v) is 11.8. The zero-order chi connectivity index (χ0) is 21.6. The summed E-state index contributed by atoms with van der Waals surface area (Å²) in [5, 5.41) is 21.1. The maximum absolute atomic E-state index is 10.6. The first-order valence-electron chi connectivity index (χ1n) is 11.8. The molecule has 2 N–H and O–H groups in total. The molecule has 31 heavy (non-hydrogen) atoms. The second-order valence-corrected chi connectivity index (χ2v) is 9.41. The van der Waals surface area contributed by atoms with Gasteiger partial charge in [0, 0.05) is 24.2 Å². The normalized spacial score (nSPS) is 26.2. The summed E-state index contributed by atoms with van der Waals surface area (Å²) in [6, 6.07) is 14.4. The Bertz CT molecular complexity index is 904. The van der Waals surface area contributed by atoms with E-state index in [0.717, 1.165) is 31.2 Å². The number of allylic oxidation sites excluding steroid dienone is 2. The van der Waals surface area contributed by atoms with Crippen molar-refractivity contribution >= 4 is 0 Å². The van der Waals surface area contributed by atoms with Crippen molar-refractivity contribution in [2.24, 2.45) is 17.8 Å². The number of rotatable bonds is 9. The Balaban J connectivity index is 1.25. The third kappa shape index (κ3) is 5.93. The number of pyridine rings is 1. The van der Waals surface area contributed by atoms with Crippen molar-refractivity contribution in [3.05, 3.63) is 89.3 Å². The number of aromatic nitrogens is 1. The molecule has 1 aromatic carbocycles. The van der Waals surface area contributed by atoms with Crippen LogP contribution in [0.3, 0.4) is 0 Å². The van der Waals surface area contributed by atoms with Gasteiger partial charge < -0.3 is 10.2 Å². The zero-order valence-corrected chi connectivity index (χ0v) is 18.5. The minimum atomic E-state index is -0.506. The summed E-state index contributed by atoms with van der Waals surface area (Å²) >= 11 is 0.